The van der Waals surface area contributed by atoms with Crippen molar-refractivity contribution >= 4 is 22.9 Å². The molecule has 13 heavy (non-hydrogen) atoms. The monoisotopic (exact) mass is 219 g/mol. The lowest BCUT2D eigenvalue weighted by atomic mass is 10.2. The van der Waals surface area contributed by atoms with E-state index in [0.717, 1.165) is 18.0 Å². The molecule has 0 fully saturated rings. The largest absolute Gasteiger partial charge is 0.396 e. The zero-order valence-electron chi connectivity index (χ0n) is 7.59. The summed E-state index contributed by atoms with van der Waals surface area (Å²) in [5, 5.41) is 14.7. The maximum absolute atomic E-state index is 8.68. The molecule has 0 aliphatic rings. The van der Waals surface area contributed by atoms with Gasteiger partial charge in [0.15, 0.2) is 0 Å². The van der Waals surface area contributed by atoms with Crippen LogP contribution in [0, 0.1) is 0 Å². The summed E-state index contributed by atoms with van der Waals surface area (Å²) in [7, 11) is 0. The van der Waals surface area contributed by atoms with Crippen molar-refractivity contribution in [2.75, 3.05) is 6.61 Å². The lowest BCUT2D eigenvalue weighted by Crippen LogP contribution is -2.25. The first kappa shape index (κ1) is 11.0. The van der Waals surface area contributed by atoms with Crippen molar-refractivity contribution < 1.29 is 5.11 Å². The maximum Gasteiger partial charge on any atom is 0.0516 e. The van der Waals surface area contributed by atoms with Gasteiger partial charge in [-0.1, -0.05) is 11.6 Å². The Bertz CT molecular complexity index is 252. The summed E-state index contributed by atoms with van der Waals surface area (Å²) in [6.45, 7) is 3.13. The summed E-state index contributed by atoms with van der Waals surface area (Å²) in [5.74, 6) is 0. The molecule has 0 saturated carbocycles. The van der Waals surface area contributed by atoms with E-state index in [1.165, 1.54) is 4.88 Å². The molecule has 1 atom stereocenters. The molecule has 0 spiro atoms. The number of hydrogen-bond acceptors (Lipinski definition) is 3. The molecule has 0 bridgehead atoms. The zero-order chi connectivity index (χ0) is 9.68. The summed E-state index contributed by atoms with van der Waals surface area (Å²) in [5.41, 5.74) is 0. The Hall–Kier alpha value is -0.0900. The van der Waals surface area contributed by atoms with Crippen molar-refractivity contribution in [3.63, 3.8) is 0 Å². The fraction of sp³-hybridized carbons (Fsp3) is 0.556. The molecule has 2 N–H and O–H groups in total. The first-order chi connectivity index (χ1) is 6.22. The molecule has 0 aliphatic carbocycles. The molecular formula is C9H14ClNOS. The molecule has 1 rings (SSSR count). The summed E-state index contributed by atoms with van der Waals surface area (Å²) in [6, 6.07) is 2.32. The second-order valence-electron chi connectivity index (χ2n) is 3.03. The Labute approximate surface area is 87.5 Å². The van der Waals surface area contributed by atoms with Crippen LogP contribution >= 0.6 is 22.9 Å². The lowest BCUT2D eigenvalue weighted by Gasteiger charge is -2.10. The van der Waals surface area contributed by atoms with Crippen molar-refractivity contribution in [1.82, 2.24) is 5.32 Å². The van der Waals surface area contributed by atoms with Gasteiger partial charge in [0.2, 0.25) is 0 Å². The Balaban J connectivity index is 2.26. The molecule has 0 saturated heterocycles. The Morgan fingerprint density at radius 3 is 3.00 bits per heavy atom. The molecule has 0 radical (unpaired) electrons. The zero-order valence-corrected chi connectivity index (χ0v) is 9.16. The Morgan fingerprint density at radius 2 is 2.46 bits per heavy atom. The molecule has 0 aromatic carbocycles. The van der Waals surface area contributed by atoms with E-state index in [1.807, 2.05) is 11.4 Å². The lowest BCUT2D eigenvalue weighted by molar-refractivity contribution is 0.269. The fourth-order valence-electron chi connectivity index (χ4n) is 1.02. The second-order valence-corrected chi connectivity index (χ2v) is 4.46. The van der Waals surface area contributed by atoms with Crippen LogP contribution in [0.25, 0.3) is 0 Å². The minimum absolute atomic E-state index is 0.235. The minimum Gasteiger partial charge on any atom is -0.396 e. The van der Waals surface area contributed by atoms with Crippen LogP contribution in [0.5, 0.6) is 0 Å². The van der Waals surface area contributed by atoms with Gasteiger partial charge in [-0.05, 0) is 19.4 Å². The highest BCUT2D eigenvalue weighted by Gasteiger charge is 2.01. The third-order valence-corrected chi connectivity index (χ3v) is 3.09. The van der Waals surface area contributed by atoms with E-state index >= 15 is 0 Å². The second kappa shape index (κ2) is 5.60. The van der Waals surface area contributed by atoms with Crippen molar-refractivity contribution in [3.8, 4) is 0 Å². The van der Waals surface area contributed by atoms with Crippen LogP contribution in [-0.2, 0) is 6.54 Å². The van der Waals surface area contributed by atoms with Gasteiger partial charge in [-0.25, -0.2) is 0 Å². The topological polar surface area (TPSA) is 32.3 Å². The van der Waals surface area contributed by atoms with Crippen molar-refractivity contribution in [2.24, 2.45) is 0 Å². The normalized spacial score (nSPS) is 13.2. The van der Waals surface area contributed by atoms with E-state index in [2.05, 4.69) is 12.2 Å². The predicted molar refractivity (Wildman–Crippen MR) is 57.3 cm³/mol. The first-order valence-electron chi connectivity index (χ1n) is 4.29. The summed E-state index contributed by atoms with van der Waals surface area (Å²) < 4.78 is 0. The van der Waals surface area contributed by atoms with E-state index < -0.39 is 0 Å². The van der Waals surface area contributed by atoms with Gasteiger partial charge in [0, 0.05) is 29.5 Å². The third-order valence-electron chi connectivity index (χ3n) is 1.81. The highest BCUT2D eigenvalue weighted by atomic mass is 35.5. The van der Waals surface area contributed by atoms with Crippen LogP contribution < -0.4 is 5.32 Å². The molecule has 1 unspecified atom stereocenters. The van der Waals surface area contributed by atoms with Crippen molar-refractivity contribution in [2.45, 2.75) is 25.9 Å². The van der Waals surface area contributed by atoms with Crippen LogP contribution in [0.3, 0.4) is 0 Å². The van der Waals surface area contributed by atoms with Gasteiger partial charge in [0.1, 0.15) is 0 Å². The van der Waals surface area contributed by atoms with Gasteiger partial charge in [0.25, 0.3) is 0 Å². The summed E-state index contributed by atoms with van der Waals surface area (Å²) in [4.78, 5) is 1.23. The van der Waals surface area contributed by atoms with Gasteiger partial charge in [-0.3, -0.25) is 0 Å². The fourth-order valence-corrected chi connectivity index (χ4v) is 2.04. The molecule has 4 heteroatoms. The number of nitrogens with one attached hydrogen (secondary N) is 1. The molecule has 0 aliphatic heterocycles. The average molecular weight is 220 g/mol. The van der Waals surface area contributed by atoms with Crippen LogP contribution in [-0.4, -0.2) is 17.8 Å². The van der Waals surface area contributed by atoms with Crippen LogP contribution in [0.4, 0.5) is 0 Å². The Kier molecular flexibility index (Phi) is 4.73. The minimum atomic E-state index is 0.235. The summed E-state index contributed by atoms with van der Waals surface area (Å²) in [6.07, 6.45) is 0.791. The Morgan fingerprint density at radius 1 is 1.69 bits per heavy atom. The highest BCUT2D eigenvalue weighted by Crippen LogP contribution is 2.18. The van der Waals surface area contributed by atoms with E-state index in [4.69, 9.17) is 16.7 Å². The van der Waals surface area contributed by atoms with Crippen LogP contribution in [0.2, 0.25) is 5.02 Å². The molecule has 2 nitrogen and oxygen atoms in total. The van der Waals surface area contributed by atoms with E-state index in [1.54, 1.807) is 11.3 Å². The van der Waals surface area contributed by atoms with Crippen molar-refractivity contribution in [1.29, 1.82) is 0 Å². The molecule has 1 aromatic heterocycles. The standard InChI is InChI=1S/C9H14ClNOS/c1-7(2-3-12)11-5-9-4-8(10)6-13-9/h4,6-7,11-12H,2-3,5H2,1H3. The third kappa shape index (κ3) is 4.09. The molecule has 74 valence electrons. The van der Waals surface area contributed by atoms with Crippen LogP contribution in [0.15, 0.2) is 11.4 Å². The van der Waals surface area contributed by atoms with Gasteiger partial charge in [-0.15, -0.1) is 11.3 Å². The first-order valence-corrected chi connectivity index (χ1v) is 5.55. The number of aliphatic hydroxyl groups is 1. The van der Waals surface area contributed by atoms with Crippen LogP contribution in [0.1, 0.15) is 18.2 Å². The number of rotatable bonds is 5. The number of aliphatic hydroxyl groups excluding tert-OH is 1. The van der Waals surface area contributed by atoms with Gasteiger partial charge in [-0.2, -0.15) is 0 Å². The SMILES string of the molecule is CC(CCO)NCc1cc(Cl)cs1. The number of thiophene rings is 1. The number of halogens is 1. The predicted octanol–water partition coefficient (Wildman–Crippen LogP) is 2.26. The van der Waals surface area contributed by atoms with E-state index in [0.29, 0.717) is 6.04 Å². The smallest absolute Gasteiger partial charge is 0.0516 e. The summed E-state index contributed by atoms with van der Waals surface area (Å²) >= 11 is 7.43. The number of hydrogen-bond donors (Lipinski definition) is 2. The van der Waals surface area contributed by atoms with E-state index in [-0.39, 0.29) is 6.61 Å². The van der Waals surface area contributed by atoms with Gasteiger partial charge < -0.3 is 10.4 Å². The molecule has 0 amide bonds. The maximum atomic E-state index is 8.68. The van der Waals surface area contributed by atoms with Gasteiger partial charge in [0.05, 0.1) is 5.02 Å². The molecular weight excluding hydrogens is 206 g/mol. The van der Waals surface area contributed by atoms with Crippen molar-refractivity contribution in [3.05, 3.63) is 21.3 Å². The van der Waals surface area contributed by atoms with Gasteiger partial charge >= 0.3 is 0 Å². The molecule has 1 aromatic rings. The quantitative estimate of drug-likeness (QED) is 0.797. The van der Waals surface area contributed by atoms with E-state index in [9.17, 15) is 0 Å². The molecule has 1 heterocycles. The highest BCUT2D eigenvalue weighted by molar-refractivity contribution is 7.10. The average Bonchev–Trinajstić information content (AvgIpc) is 2.49.